The van der Waals surface area contributed by atoms with Crippen LogP contribution in [0.4, 0.5) is 0 Å². The third-order valence-corrected chi connectivity index (χ3v) is 8.68. The van der Waals surface area contributed by atoms with Gasteiger partial charge in [0.1, 0.15) is 0 Å². The number of carbonyl (C=O) groups is 1. The fourth-order valence-electron chi connectivity index (χ4n) is 2.53. The van der Waals surface area contributed by atoms with Gasteiger partial charge in [-0.1, -0.05) is 19.8 Å². The Morgan fingerprint density at radius 1 is 1.30 bits per heavy atom. The molecule has 5 heteroatoms. The van der Waals surface area contributed by atoms with E-state index in [9.17, 15) is 4.79 Å². The van der Waals surface area contributed by atoms with Gasteiger partial charge in [-0.3, -0.25) is 4.79 Å². The van der Waals surface area contributed by atoms with Crippen LogP contribution in [0, 0.1) is 5.92 Å². The molecule has 0 aromatic heterocycles. The second kappa shape index (κ2) is 7.23. The maximum atomic E-state index is 12.2. The monoisotopic (exact) mass is 314 g/mol. The summed E-state index contributed by atoms with van der Waals surface area (Å²) in [4.78, 5) is 12.2. The quantitative estimate of drug-likeness (QED) is 0.690. The largest absolute Gasteiger partial charge is 0.519 e. The second-order valence-corrected chi connectivity index (χ2v) is 12.6. The lowest BCUT2D eigenvalue weighted by Crippen LogP contribution is -2.39. The molecule has 0 bridgehead atoms. The lowest BCUT2D eigenvalue weighted by Gasteiger charge is -2.30. The Morgan fingerprint density at radius 3 is 2.35 bits per heavy atom. The first-order chi connectivity index (χ1) is 9.12. The number of rotatable bonds is 6. The number of hydrogen-bond acceptors (Lipinski definition) is 3. The van der Waals surface area contributed by atoms with Gasteiger partial charge in [-0.05, 0) is 58.3 Å². The summed E-state index contributed by atoms with van der Waals surface area (Å²) in [5, 5.41) is 0. The summed E-state index contributed by atoms with van der Waals surface area (Å²) in [6.07, 6.45) is 5.09. The van der Waals surface area contributed by atoms with E-state index in [4.69, 9.17) is 8.85 Å². The van der Waals surface area contributed by atoms with Crippen LogP contribution in [-0.4, -0.2) is 29.7 Å². The Hall–Kier alpha value is -0.136. The standard InChI is InChI=1S/C15H30O3Si2/c1-12(11-19-18-15(2,3)4)14(16)17-20(5,6)13-9-7-8-10-13/h12-13H,7-11H2,1-6H3. The van der Waals surface area contributed by atoms with Crippen molar-refractivity contribution in [3.63, 3.8) is 0 Å². The molecule has 0 saturated heterocycles. The summed E-state index contributed by atoms with van der Waals surface area (Å²) in [7, 11) is -1.49. The van der Waals surface area contributed by atoms with Crippen molar-refractivity contribution < 1.29 is 13.6 Å². The van der Waals surface area contributed by atoms with Gasteiger partial charge in [0.05, 0.1) is 5.92 Å². The topological polar surface area (TPSA) is 35.5 Å². The molecule has 1 fully saturated rings. The third kappa shape index (κ3) is 6.10. The van der Waals surface area contributed by atoms with E-state index in [1.807, 2.05) is 27.7 Å². The normalized spacial score (nSPS) is 19.1. The van der Waals surface area contributed by atoms with Gasteiger partial charge in [-0.2, -0.15) is 0 Å². The molecule has 1 rings (SSSR count). The van der Waals surface area contributed by atoms with Gasteiger partial charge in [-0.15, -0.1) is 0 Å². The van der Waals surface area contributed by atoms with Gasteiger partial charge >= 0.3 is 0 Å². The lowest BCUT2D eigenvalue weighted by molar-refractivity contribution is -0.138. The Labute approximate surface area is 127 Å². The van der Waals surface area contributed by atoms with Crippen LogP contribution in [0.5, 0.6) is 0 Å². The molecule has 1 aliphatic carbocycles. The van der Waals surface area contributed by atoms with E-state index in [1.165, 1.54) is 25.7 Å². The van der Waals surface area contributed by atoms with Gasteiger partial charge in [-0.25, -0.2) is 0 Å². The predicted octanol–water partition coefficient (Wildman–Crippen LogP) is 4.17. The molecule has 1 aliphatic rings. The minimum atomic E-state index is -1.86. The maximum absolute atomic E-state index is 12.2. The molecule has 1 atom stereocenters. The fourth-order valence-corrected chi connectivity index (χ4v) is 6.15. The highest BCUT2D eigenvalue weighted by atomic mass is 28.4. The van der Waals surface area contributed by atoms with Crippen LogP contribution < -0.4 is 0 Å². The van der Waals surface area contributed by atoms with E-state index in [0.717, 1.165) is 6.04 Å². The Kier molecular flexibility index (Phi) is 6.47. The number of carbonyl (C=O) groups excluding carboxylic acids is 1. The van der Waals surface area contributed by atoms with Crippen molar-refractivity contribution in [2.45, 2.75) is 83.7 Å². The van der Waals surface area contributed by atoms with Gasteiger partial charge in [0.2, 0.25) is 9.76 Å². The minimum Gasteiger partial charge on any atom is -0.519 e. The average molecular weight is 315 g/mol. The minimum absolute atomic E-state index is 0.0152. The molecule has 0 aromatic rings. The summed E-state index contributed by atoms with van der Waals surface area (Å²) in [5.74, 6) is -0.0672. The zero-order valence-corrected chi connectivity index (χ0v) is 15.9. The van der Waals surface area contributed by atoms with Crippen molar-refractivity contribution in [3.8, 4) is 0 Å². The smallest absolute Gasteiger partial charge is 0.295 e. The van der Waals surface area contributed by atoms with Crippen molar-refractivity contribution in [3.05, 3.63) is 0 Å². The molecule has 20 heavy (non-hydrogen) atoms. The maximum Gasteiger partial charge on any atom is 0.295 e. The SMILES string of the molecule is CC(C[Si]OC(C)(C)C)C(=O)O[Si](C)(C)C1CCCC1. The van der Waals surface area contributed by atoms with E-state index >= 15 is 0 Å². The van der Waals surface area contributed by atoms with Crippen LogP contribution in [0.3, 0.4) is 0 Å². The van der Waals surface area contributed by atoms with E-state index in [0.29, 0.717) is 15.3 Å². The highest BCUT2D eigenvalue weighted by Gasteiger charge is 2.39. The van der Waals surface area contributed by atoms with E-state index in [2.05, 4.69) is 13.1 Å². The van der Waals surface area contributed by atoms with Gasteiger partial charge in [0, 0.05) is 5.60 Å². The van der Waals surface area contributed by atoms with Gasteiger partial charge in [0.25, 0.3) is 14.3 Å². The molecule has 0 spiro atoms. The van der Waals surface area contributed by atoms with Crippen LogP contribution in [0.15, 0.2) is 0 Å². The summed E-state index contributed by atoms with van der Waals surface area (Å²) in [6.45, 7) is 12.5. The average Bonchev–Trinajstić information content (AvgIpc) is 2.80. The molecule has 0 amide bonds. The van der Waals surface area contributed by atoms with Crippen molar-refractivity contribution >= 4 is 24.0 Å². The first-order valence-corrected chi connectivity index (χ1v) is 11.9. The molecular weight excluding hydrogens is 284 g/mol. The third-order valence-electron chi connectivity index (χ3n) is 3.87. The zero-order valence-electron chi connectivity index (χ0n) is 13.9. The molecule has 0 aromatic carbocycles. The Bertz CT molecular complexity index is 318. The van der Waals surface area contributed by atoms with Crippen molar-refractivity contribution in [2.24, 2.45) is 5.92 Å². The summed E-state index contributed by atoms with van der Waals surface area (Å²) >= 11 is 0. The highest BCUT2D eigenvalue weighted by Crippen LogP contribution is 2.39. The molecular formula is C15H30O3Si2. The van der Waals surface area contributed by atoms with Crippen LogP contribution in [-0.2, 0) is 13.6 Å². The van der Waals surface area contributed by atoms with Crippen molar-refractivity contribution in [1.82, 2.24) is 0 Å². The molecule has 116 valence electrons. The molecule has 0 aliphatic heterocycles. The highest BCUT2D eigenvalue weighted by molar-refractivity contribution is 6.74. The van der Waals surface area contributed by atoms with Crippen LogP contribution in [0.25, 0.3) is 0 Å². The molecule has 1 unspecified atom stereocenters. The molecule has 0 heterocycles. The van der Waals surface area contributed by atoms with Crippen LogP contribution >= 0.6 is 0 Å². The fraction of sp³-hybridized carbons (Fsp3) is 0.933. The Morgan fingerprint density at radius 2 is 1.85 bits per heavy atom. The van der Waals surface area contributed by atoms with E-state index in [-0.39, 0.29) is 17.5 Å². The summed E-state index contributed by atoms with van der Waals surface area (Å²) in [5.41, 5.74) is 0.534. The van der Waals surface area contributed by atoms with Crippen molar-refractivity contribution in [1.29, 1.82) is 0 Å². The van der Waals surface area contributed by atoms with E-state index in [1.54, 1.807) is 0 Å². The summed E-state index contributed by atoms with van der Waals surface area (Å²) < 4.78 is 11.6. The van der Waals surface area contributed by atoms with Gasteiger partial charge in [0.15, 0.2) is 0 Å². The molecule has 2 radical (unpaired) electrons. The zero-order chi connectivity index (χ0) is 15.4. The first kappa shape index (κ1) is 17.9. The molecule has 1 saturated carbocycles. The van der Waals surface area contributed by atoms with E-state index < -0.39 is 8.32 Å². The second-order valence-electron chi connectivity index (χ2n) is 7.47. The molecule has 0 N–H and O–H groups in total. The summed E-state index contributed by atoms with van der Waals surface area (Å²) in [6, 6.07) is 0.769. The van der Waals surface area contributed by atoms with Crippen LogP contribution in [0.1, 0.15) is 53.4 Å². The van der Waals surface area contributed by atoms with Crippen molar-refractivity contribution in [2.75, 3.05) is 0 Å². The predicted molar refractivity (Wildman–Crippen MR) is 86.4 cm³/mol. The van der Waals surface area contributed by atoms with Gasteiger partial charge < -0.3 is 8.85 Å². The number of hydrogen-bond donors (Lipinski definition) is 0. The molecule has 3 nitrogen and oxygen atoms in total. The lowest BCUT2D eigenvalue weighted by atomic mass is 10.2. The Balaban J connectivity index is 2.37. The first-order valence-electron chi connectivity index (χ1n) is 7.75. The van der Waals surface area contributed by atoms with Crippen LogP contribution in [0.2, 0.25) is 24.7 Å².